The molecule has 4 N–H and O–H groups in total. The first kappa shape index (κ1) is 16.5. The van der Waals surface area contributed by atoms with Crippen molar-refractivity contribution in [3.8, 4) is 0 Å². The molecule has 0 spiro atoms. The highest BCUT2D eigenvalue weighted by atomic mass is 32.1. The van der Waals surface area contributed by atoms with Gasteiger partial charge in [0.05, 0.1) is 6.54 Å². The summed E-state index contributed by atoms with van der Waals surface area (Å²) in [5.41, 5.74) is 5.21. The molecule has 0 amide bonds. The molecule has 0 aliphatic carbocycles. The van der Waals surface area contributed by atoms with E-state index in [9.17, 15) is 9.50 Å². The number of hydrogen-bond donors (Lipinski definition) is 3. The van der Waals surface area contributed by atoms with E-state index in [1.54, 1.807) is 30.4 Å². The highest BCUT2D eigenvalue weighted by molar-refractivity contribution is 7.09. The van der Waals surface area contributed by atoms with Crippen molar-refractivity contribution in [2.75, 3.05) is 13.1 Å². The van der Waals surface area contributed by atoms with Gasteiger partial charge in [-0.3, -0.25) is 4.99 Å². The van der Waals surface area contributed by atoms with Gasteiger partial charge >= 0.3 is 0 Å². The Hall–Kier alpha value is -1.92. The summed E-state index contributed by atoms with van der Waals surface area (Å²) in [4.78, 5) is 5.43. The van der Waals surface area contributed by atoms with Gasteiger partial charge in [-0.05, 0) is 42.5 Å². The molecule has 118 valence electrons. The van der Waals surface area contributed by atoms with Crippen LogP contribution >= 0.6 is 11.3 Å². The third kappa shape index (κ3) is 4.82. The summed E-state index contributed by atoms with van der Waals surface area (Å²) in [5.74, 6) is -0.0447. The summed E-state index contributed by atoms with van der Waals surface area (Å²) < 4.78 is 12.9. The molecule has 0 bridgehead atoms. The van der Waals surface area contributed by atoms with Crippen molar-refractivity contribution in [3.05, 3.63) is 58.0 Å². The van der Waals surface area contributed by atoms with Crippen molar-refractivity contribution in [2.45, 2.75) is 18.9 Å². The number of nitrogens with one attached hydrogen (secondary N) is 1. The van der Waals surface area contributed by atoms with Gasteiger partial charge in [-0.1, -0.05) is 18.2 Å². The zero-order valence-electron chi connectivity index (χ0n) is 12.4. The average Bonchev–Trinajstić information content (AvgIpc) is 2.99. The van der Waals surface area contributed by atoms with E-state index in [1.807, 2.05) is 11.4 Å². The minimum absolute atomic E-state index is 0.108. The van der Waals surface area contributed by atoms with Crippen LogP contribution < -0.4 is 11.1 Å². The van der Waals surface area contributed by atoms with Crippen LogP contribution in [0.3, 0.4) is 0 Å². The van der Waals surface area contributed by atoms with E-state index >= 15 is 0 Å². The number of aliphatic imine (C=N–C) groups is 1. The monoisotopic (exact) mass is 321 g/mol. The van der Waals surface area contributed by atoms with Gasteiger partial charge in [0.2, 0.25) is 0 Å². The van der Waals surface area contributed by atoms with Gasteiger partial charge in [0.25, 0.3) is 0 Å². The first-order valence-electron chi connectivity index (χ1n) is 7.02. The minimum atomic E-state index is -1.19. The predicted octanol–water partition coefficient (Wildman–Crippen LogP) is 2.24. The summed E-state index contributed by atoms with van der Waals surface area (Å²) in [6.45, 7) is 2.42. The first-order chi connectivity index (χ1) is 10.5. The Labute approximate surface area is 133 Å². The van der Waals surface area contributed by atoms with Crippen molar-refractivity contribution in [2.24, 2.45) is 10.7 Å². The molecular formula is C16H20FN3OS. The molecule has 0 radical (unpaired) electrons. The molecule has 6 heteroatoms. The van der Waals surface area contributed by atoms with E-state index in [2.05, 4.69) is 16.4 Å². The second-order valence-electron chi connectivity index (χ2n) is 5.24. The van der Waals surface area contributed by atoms with Crippen LogP contribution in [0.15, 0.2) is 46.8 Å². The third-order valence-corrected chi connectivity index (χ3v) is 4.22. The maximum Gasteiger partial charge on any atom is 0.188 e. The highest BCUT2D eigenvalue weighted by Gasteiger charge is 2.22. The summed E-state index contributed by atoms with van der Waals surface area (Å²) in [7, 11) is 0. The standard InChI is InChI=1S/C16H20FN3OS/c1-16(21,12-4-6-13(17)7-5-12)11-20-15(18)19-9-8-14-3-2-10-22-14/h2-7,10,21H,8-9,11H2,1H3,(H3,18,19,20). The molecule has 0 aliphatic rings. The molecule has 0 aliphatic heterocycles. The molecule has 0 saturated heterocycles. The lowest BCUT2D eigenvalue weighted by Crippen LogP contribution is -2.35. The van der Waals surface area contributed by atoms with Gasteiger partial charge in [0, 0.05) is 11.4 Å². The van der Waals surface area contributed by atoms with Crippen molar-refractivity contribution in [1.29, 1.82) is 0 Å². The molecule has 1 atom stereocenters. The summed E-state index contributed by atoms with van der Waals surface area (Å²) >= 11 is 1.70. The Balaban J connectivity index is 1.84. The normalized spacial score (nSPS) is 14.6. The lowest BCUT2D eigenvalue weighted by molar-refractivity contribution is 0.0672. The Kier molecular flexibility index (Phi) is 5.51. The number of aliphatic hydroxyl groups is 1. The summed E-state index contributed by atoms with van der Waals surface area (Å²) in [5, 5.41) is 15.4. The van der Waals surface area contributed by atoms with E-state index in [4.69, 9.17) is 5.73 Å². The Morgan fingerprint density at radius 1 is 1.36 bits per heavy atom. The maximum atomic E-state index is 12.9. The van der Waals surface area contributed by atoms with Crippen LogP contribution in [0.2, 0.25) is 0 Å². The smallest absolute Gasteiger partial charge is 0.188 e. The van der Waals surface area contributed by atoms with Crippen LogP contribution in [-0.2, 0) is 12.0 Å². The van der Waals surface area contributed by atoms with Crippen LogP contribution in [0, 0.1) is 5.82 Å². The molecule has 0 fully saturated rings. The lowest BCUT2D eigenvalue weighted by atomic mass is 9.96. The fraction of sp³-hybridized carbons (Fsp3) is 0.312. The fourth-order valence-corrected chi connectivity index (χ4v) is 2.67. The van der Waals surface area contributed by atoms with E-state index in [0.29, 0.717) is 18.1 Å². The van der Waals surface area contributed by atoms with E-state index < -0.39 is 5.60 Å². The molecule has 1 aromatic carbocycles. The highest BCUT2D eigenvalue weighted by Crippen LogP contribution is 2.21. The van der Waals surface area contributed by atoms with Crippen LogP contribution in [0.4, 0.5) is 4.39 Å². The molecular weight excluding hydrogens is 301 g/mol. The lowest BCUT2D eigenvalue weighted by Gasteiger charge is -2.22. The molecule has 2 rings (SSSR count). The predicted molar refractivity (Wildman–Crippen MR) is 88.5 cm³/mol. The van der Waals surface area contributed by atoms with E-state index in [-0.39, 0.29) is 12.4 Å². The summed E-state index contributed by atoms with van der Waals surface area (Å²) in [6, 6.07) is 9.80. The molecule has 2 aromatic rings. The zero-order chi connectivity index (χ0) is 16.0. The third-order valence-electron chi connectivity index (χ3n) is 3.28. The number of halogens is 1. The molecule has 4 nitrogen and oxygen atoms in total. The van der Waals surface area contributed by atoms with Crippen LogP contribution in [-0.4, -0.2) is 24.2 Å². The average molecular weight is 321 g/mol. The minimum Gasteiger partial charge on any atom is -0.384 e. The van der Waals surface area contributed by atoms with Gasteiger partial charge in [-0.25, -0.2) is 4.39 Å². The fourth-order valence-electron chi connectivity index (χ4n) is 1.96. The van der Waals surface area contributed by atoms with E-state index in [1.165, 1.54) is 17.0 Å². The van der Waals surface area contributed by atoms with Crippen molar-refractivity contribution >= 4 is 17.3 Å². The molecule has 1 aromatic heterocycles. The number of nitrogens with zero attached hydrogens (tertiary/aromatic N) is 1. The quantitative estimate of drug-likeness (QED) is 0.564. The van der Waals surface area contributed by atoms with E-state index in [0.717, 1.165) is 6.42 Å². The van der Waals surface area contributed by atoms with Gasteiger partial charge in [0.1, 0.15) is 11.4 Å². The number of benzene rings is 1. The van der Waals surface area contributed by atoms with Gasteiger partial charge in [0.15, 0.2) is 5.96 Å². The maximum absolute atomic E-state index is 12.9. The Morgan fingerprint density at radius 3 is 2.73 bits per heavy atom. The van der Waals surface area contributed by atoms with Gasteiger partial charge < -0.3 is 16.2 Å². The van der Waals surface area contributed by atoms with Crippen LogP contribution in [0.5, 0.6) is 0 Å². The zero-order valence-corrected chi connectivity index (χ0v) is 13.2. The van der Waals surface area contributed by atoms with Gasteiger partial charge in [-0.2, -0.15) is 0 Å². The number of nitrogens with two attached hydrogens (primary N) is 1. The van der Waals surface area contributed by atoms with Crippen molar-refractivity contribution in [1.82, 2.24) is 5.32 Å². The molecule has 1 unspecified atom stereocenters. The second-order valence-corrected chi connectivity index (χ2v) is 6.27. The molecule has 0 saturated carbocycles. The van der Waals surface area contributed by atoms with Crippen LogP contribution in [0.1, 0.15) is 17.4 Å². The van der Waals surface area contributed by atoms with Crippen LogP contribution in [0.25, 0.3) is 0 Å². The molecule has 22 heavy (non-hydrogen) atoms. The molecule has 1 heterocycles. The van der Waals surface area contributed by atoms with Gasteiger partial charge in [-0.15, -0.1) is 11.3 Å². The Morgan fingerprint density at radius 2 is 2.09 bits per heavy atom. The van der Waals surface area contributed by atoms with Crippen molar-refractivity contribution in [3.63, 3.8) is 0 Å². The Bertz CT molecular complexity index is 609. The number of thiophene rings is 1. The summed E-state index contributed by atoms with van der Waals surface area (Å²) in [6.07, 6.45) is 0.877. The first-order valence-corrected chi connectivity index (χ1v) is 7.90. The second kappa shape index (κ2) is 7.38. The number of hydrogen-bond acceptors (Lipinski definition) is 3. The number of rotatable bonds is 6. The SMILES string of the molecule is CC(O)(CN=C(N)NCCc1cccs1)c1ccc(F)cc1. The largest absolute Gasteiger partial charge is 0.384 e. The van der Waals surface area contributed by atoms with Crippen molar-refractivity contribution < 1.29 is 9.50 Å². The number of guanidine groups is 1. The topological polar surface area (TPSA) is 70.6 Å².